The lowest BCUT2D eigenvalue weighted by Gasteiger charge is -2.18. The molecule has 116 valence electrons. The van der Waals surface area contributed by atoms with Crippen LogP contribution in [-0.2, 0) is 11.3 Å². The lowest BCUT2D eigenvalue weighted by molar-refractivity contribution is -0.132. The summed E-state index contributed by atoms with van der Waals surface area (Å²) in [4.78, 5) is 13.7. The SMILES string of the molecule is Cc1ccc(CN(C)C(=O)COc2ccc(Cl)cc2Cl)cc1. The van der Waals surface area contributed by atoms with Crippen LogP contribution >= 0.6 is 23.2 Å². The van der Waals surface area contributed by atoms with E-state index in [2.05, 4.69) is 0 Å². The van der Waals surface area contributed by atoms with Crippen LogP contribution in [0.3, 0.4) is 0 Å². The molecule has 0 unspecified atom stereocenters. The van der Waals surface area contributed by atoms with Crippen molar-refractivity contribution in [1.29, 1.82) is 0 Å². The number of halogens is 2. The Balaban J connectivity index is 1.89. The number of carbonyl (C=O) groups excluding carboxylic acids is 1. The van der Waals surface area contributed by atoms with E-state index in [-0.39, 0.29) is 12.5 Å². The van der Waals surface area contributed by atoms with Gasteiger partial charge in [0.15, 0.2) is 6.61 Å². The predicted octanol–water partition coefficient (Wildman–Crippen LogP) is 4.34. The summed E-state index contributed by atoms with van der Waals surface area (Å²) < 4.78 is 5.45. The van der Waals surface area contributed by atoms with E-state index in [1.165, 1.54) is 5.56 Å². The largest absolute Gasteiger partial charge is 0.482 e. The van der Waals surface area contributed by atoms with Gasteiger partial charge in [-0.25, -0.2) is 0 Å². The van der Waals surface area contributed by atoms with Gasteiger partial charge >= 0.3 is 0 Å². The summed E-state index contributed by atoms with van der Waals surface area (Å²) in [5.41, 5.74) is 2.27. The number of rotatable bonds is 5. The fourth-order valence-electron chi connectivity index (χ4n) is 1.90. The summed E-state index contributed by atoms with van der Waals surface area (Å²) in [5.74, 6) is 0.328. The predicted molar refractivity (Wildman–Crippen MR) is 89.6 cm³/mol. The second kappa shape index (κ2) is 7.52. The number of aryl methyl sites for hydroxylation is 1. The molecule has 0 aliphatic rings. The Bertz CT molecular complexity index is 656. The molecule has 2 aromatic rings. The van der Waals surface area contributed by atoms with Gasteiger partial charge in [-0.05, 0) is 30.7 Å². The highest BCUT2D eigenvalue weighted by Gasteiger charge is 2.11. The van der Waals surface area contributed by atoms with E-state index >= 15 is 0 Å². The summed E-state index contributed by atoms with van der Waals surface area (Å²) in [6.07, 6.45) is 0. The number of benzene rings is 2. The van der Waals surface area contributed by atoms with Crippen LogP contribution in [0.1, 0.15) is 11.1 Å². The Morgan fingerprint density at radius 2 is 1.82 bits per heavy atom. The number of likely N-dealkylation sites (N-methyl/N-ethyl adjacent to an activating group) is 1. The molecule has 1 amide bonds. The molecule has 3 nitrogen and oxygen atoms in total. The van der Waals surface area contributed by atoms with Crippen LogP contribution in [-0.4, -0.2) is 24.5 Å². The first-order valence-corrected chi connectivity index (χ1v) is 7.58. The minimum atomic E-state index is -0.119. The van der Waals surface area contributed by atoms with Crippen LogP contribution in [0.4, 0.5) is 0 Å². The Morgan fingerprint density at radius 3 is 2.45 bits per heavy atom. The van der Waals surface area contributed by atoms with Crippen LogP contribution in [0.25, 0.3) is 0 Å². The van der Waals surface area contributed by atoms with Gasteiger partial charge < -0.3 is 9.64 Å². The Labute approximate surface area is 140 Å². The zero-order valence-corrected chi connectivity index (χ0v) is 14.0. The third kappa shape index (κ3) is 4.65. The van der Waals surface area contributed by atoms with Crippen molar-refractivity contribution in [3.63, 3.8) is 0 Å². The van der Waals surface area contributed by atoms with Crippen molar-refractivity contribution in [1.82, 2.24) is 4.90 Å². The number of carbonyl (C=O) groups is 1. The summed E-state index contributed by atoms with van der Waals surface area (Å²) >= 11 is 11.8. The summed E-state index contributed by atoms with van der Waals surface area (Å²) in [6.45, 7) is 2.50. The van der Waals surface area contributed by atoms with Crippen LogP contribution < -0.4 is 4.74 Å². The van der Waals surface area contributed by atoms with Gasteiger partial charge in [-0.2, -0.15) is 0 Å². The molecule has 0 N–H and O–H groups in total. The second-order valence-electron chi connectivity index (χ2n) is 5.10. The molecule has 0 bridgehead atoms. The van der Waals surface area contributed by atoms with Crippen molar-refractivity contribution in [2.24, 2.45) is 0 Å². The molecule has 0 radical (unpaired) electrons. The molecule has 0 aliphatic heterocycles. The quantitative estimate of drug-likeness (QED) is 0.812. The standard InChI is InChI=1S/C17H17Cl2NO2/c1-12-3-5-13(6-4-12)10-20(2)17(21)11-22-16-8-7-14(18)9-15(16)19/h3-9H,10-11H2,1-2H3. The normalized spacial score (nSPS) is 10.4. The summed E-state index contributed by atoms with van der Waals surface area (Å²) in [5, 5.41) is 0.918. The average molecular weight is 338 g/mol. The Morgan fingerprint density at radius 1 is 1.14 bits per heavy atom. The molecule has 0 spiro atoms. The molecule has 0 atom stereocenters. The molecule has 2 rings (SSSR count). The number of hydrogen-bond acceptors (Lipinski definition) is 2. The highest BCUT2D eigenvalue weighted by atomic mass is 35.5. The number of nitrogens with zero attached hydrogens (tertiary/aromatic N) is 1. The van der Waals surface area contributed by atoms with E-state index in [1.54, 1.807) is 30.1 Å². The van der Waals surface area contributed by atoms with Crippen molar-refractivity contribution in [2.45, 2.75) is 13.5 Å². The monoisotopic (exact) mass is 337 g/mol. The van der Waals surface area contributed by atoms with Gasteiger partial charge in [0, 0.05) is 18.6 Å². The van der Waals surface area contributed by atoms with Crippen molar-refractivity contribution < 1.29 is 9.53 Å². The Kier molecular flexibility index (Phi) is 5.69. The zero-order chi connectivity index (χ0) is 16.1. The molecule has 22 heavy (non-hydrogen) atoms. The van der Waals surface area contributed by atoms with Crippen LogP contribution in [0, 0.1) is 6.92 Å². The maximum Gasteiger partial charge on any atom is 0.260 e. The van der Waals surface area contributed by atoms with Crippen molar-refractivity contribution >= 4 is 29.1 Å². The maximum atomic E-state index is 12.1. The van der Waals surface area contributed by atoms with Gasteiger partial charge in [-0.15, -0.1) is 0 Å². The fourth-order valence-corrected chi connectivity index (χ4v) is 2.36. The molecule has 0 saturated carbocycles. The smallest absolute Gasteiger partial charge is 0.260 e. The van der Waals surface area contributed by atoms with Crippen molar-refractivity contribution in [3.8, 4) is 5.75 Å². The van der Waals surface area contributed by atoms with Gasteiger partial charge in [0.2, 0.25) is 0 Å². The third-order valence-electron chi connectivity index (χ3n) is 3.21. The first-order valence-electron chi connectivity index (χ1n) is 6.83. The van der Waals surface area contributed by atoms with Gasteiger partial charge in [-0.3, -0.25) is 4.79 Å². The van der Waals surface area contributed by atoms with Crippen LogP contribution in [0.5, 0.6) is 5.75 Å². The molecule has 0 aliphatic carbocycles. The lowest BCUT2D eigenvalue weighted by atomic mass is 10.1. The van der Waals surface area contributed by atoms with Crippen molar-refractivity contribution in [3.05, 3.63) is 63.6 Å². The molecule has 5 heteroatoms. The second-order valence-corrected chi connectivity index (χ2v) is 5.94. The van der Waals surface area contributed by atoms with E-state index in [9.17, 15) is 4.79 Å². The molecular formula is C17H17Cl2NO2. The molecular weight excluding hydrogens is 321 g/mol. The first kappa shape index (κ1) is 16.7. The highest BCUT2D eigenvalue weighted by molar-refractivity contribution is 6.35. The number of ether oxygens (including phenoxy) is 1. The van der Waals surface area contributed by atoms with E-state index in [0.717, 1.165) is 5.56 Å². The van der Waals surface area contributed by atoms with E-state index in [1.807, 2.05) is 31.2 Å². The number of hydrogen-bond donors (Lipinski definition) is 0. The van der Waals surface area contributed by atoms with E-state index in [0.29, 0.717) is 22.3 Å². The summed E-state index contributed by atoms with van der Waals surface area (Å²) in [7, 11) is 1.75. The average Bonchev–Trinajstić information content (AvgIpc) is 2.48. The van der Waals surface area contributed by atoms with E-state index in [4.69, 9.17) is 27.9 Å². The minimum Gasteiger partial charge on any atom is -0.482 e. The molecule has 0 heterocycles. The summed E-state index contributed by atoms with van der Waals surface area (Å²) in [6, 6.07) is 13.0. The van der Waals surface area contributed by atoms with E-state index < -0.39 is 0 Å². The third-order valence-corrected chi connectivity index (χ3v) is 3.74. The highest BCUT2D eigenvalue weighted by Crippen LogP contribution is 2.27. The van der Waals surface area contributed by atoms with Gasteiger partial charge in [0.1, 0.15) is 5.75 Å². The van der Waals surface area contributed by atoms with Crippen molar-refractivity contribution in [2.75, 3.05) is 13.7 Å². The Hall–Kier alpha value is -1.71. The zero-order valence-electron chi connectivity index (χ0n) is 12.5. The first-order chi connectivity index (χ1) is 10.5. The molecule has 0 aromatic heterocycles. The maximum absolute atomic E-state index is 12.1. The van der Waals surface area contributed by atoms with Crippen LogP contribution in [0.15, 0.2) is 42.5 Å². The number of amides is 1. The minimum absolute atomic E-state index is 0.0658. The topological polar surface area (TPSA) is 29.5 Å². The van der Waals surface area contributed by atoms with Gasteiger partial charge in [0.05, 0.1) is 5.02 Å². The lowest BCUT2D eigenvalue weighted by Crippen LogP contribution is -2.31. The van der Waals surface area contributed by atoms with Gasteiger partial charge in [-0.1, -0.05) is 53.0 Å². The van der Waals surface area contributed by atoms with Crippen LogP contribution in [0.2, 0.25) is 10.0 Å². The molecule has 0 fully saturated rings. The fraction of sp³-hybridized carbons (Fsp3) is 0.235. The molecule has 0 saturated heterocycles. The molecule has 2 aromatic carbocycles. The van der Waals surface area contributed by atoms with Gasteiger partial charge in [0.25, 0.3) is 5.91 Å².